The number of nitrogens with zero attached hydrogens (tertiary/aromatic N) is 5. The third-order valence-electron chi connectivity index (χ3n) is 8.33. The minimum atomic E-state index is -0.586. The van der Waals surface area contributed by atoms with Gasteiger partial charge in [0.1, 0.15) is 17.7 Å². The minimum absolute atomic E-state index is 0.0276. The highest BCUT2D eigenvalue weighted by atomic mass is 32.1. The number of likely N-dealkylation sites (N-methyl/N-ethyl adjacent to an activating group) is 1. The van der Waals surface area contributed by atoms with Gasteiger partial charge in [0.2, 0.25) is 23.4 Å². The molecule has 3 aromatic heterocycles. The molecule has 0 unspecified atom stereocenters. The zero-order chi connectivity index (χ0) is 27.9. The van der Waals surface area contributed by atoms with Gasteiger partial charge in [-0.05, 0) is 70.5 Å². The van der Waals surface area contributed by atoms with Crippen LogP contribution in [0.3, 0.4) is 0 Å². The number of rotatable bonds is 7. The van der Waals surface area contributed by atoms with Crippen LogP contribution in [0.15, 0.2) is 28.9 Å². The molecule has 1 saturated heterocycles. The molecule has 0 amide bonds. The smallest absolute Gasteiger partial charge is 0.279 e. The van der Waals surface area contributed by atoms with Crippen LogP contribution in [0, 0.1) is 11.3 Å². The van der Waals surface area contributed by atoms with Gasteiger partial charge in [-0.2, -0.15) is 15.2 Å². The van der Waals surface area contributed by atoms with E-state index in [9.17, 15) is 10.1 Å². The van der Waals surface area contributed by atoms with Crippen molar-refractivity contribution < 1.29 is 14.3 Å². The van der Waals surface area contributed by atoms with Crippen LogP contribution in [0.25, 0.3) is 0 Å². The molecule has 6 rings (SSSR count). The number of carbonyl (C=O) groups excluding carboxylic acids is 1. The average molecular weight is 578 g/mol. The number of thiazole rings is 1. The van der Waals surface area contributed by atoms with Gasteiger partial charge in [-0.3, -0.25) is 4.79 Å². The molecule has 40 heavy (non-hydrogen) atoms. The number of nitrogens with two attached hydrogens (primary N) is 2. The number of nitriles is 1. The van der Waals surface area contributed by atoms with Crippen LogP contribution in [-0.2, 0) is 11.8 Å². The third kappa shape index (κ3) is 4.72. The summed E-state index contributed by atoms with van der Waals surface area (Å²) in [6, 6.07) is 4.17. The van der Waals surface area contributed by atoms with Crippen molar-refractivity contribution >= 4 is 33.5 Å². The Morgan fingerprint density at radius 2 is 2.02 bits per heavy atom. The maximum Gasteiger partial charge on any atom is 0.279 e. The van der Waals surface area contributed by atoms with Gasteiger partial charge < -0.3 is 25.8 Å². The van der Waals surface area contributed by atoms with Crippen LogP contribution in [0.2, 0.25) is 0 Å². The second-order valence-electron chi connectivity index (χ2n) is 10.6. The molecule has 1 aliphatic heterocycles. The molecule has 2 atom stereocenters. The summed E-state index contributed by atoms with van der Waals surface area (Å²) in [7, 11) is 2.08. The number of ketones is 1. The number of allylic oxidation sites excluding steroid dienone is 2. The normalized spacial score (nSPS) is 22.8. The maximum absolute atomic E-state index is 14.0. The molecule has 208 valence electrons. The fraction of sp³-hybridized carbons (Fsp3) is 0.464. The number of aromatic nitrogens is 3. The van der Waals surface area contributed by atoms with Gasteiger partial charge in [0, 0.05) is 39.2 Å². The molecule has 1 spiro atoms. The number of anilines is 1. The molecule has 0 radical (unpaired) electrons. The molecular formula is C28H31N7O3S2. The van der Waals surface area contributed by atoms with Crippen molar-refractivity contribution in [3.63, 3.8) is 0 Å². The van der Waals surface area contributed by atoms with E-state index in [2.05, 4.69) is 33.0 Å². The second-order valence-corrected chi connectivity index (χ2v) is 12.6. The lowest BCUT2D eigenvalue weighted by molar-refractivity contribution is 0.101. The topological polar surface area (TPSA) is 153 Å². The molecule has 10 nitrogen and oxygen atoms in total. The number of hydrogen-bond acceptors (Lipinski definition) is 12. The lowest BCUT2D eigenvalue weighted by atomic mass is 9.62. The van der Waals surface area contributed by atoms with Crippen molar-refractivity contribution in [2.45, 2.75) is 62.8 Å². The van der Waals surface area contributed by atoms with Crippen molar-refractivity contribution in [2.24, 2.45) is 5.73 Å². The van der Waals surface area contributed by atoms with Gasteiger partial charge in [0.15, 0.2) is 0 Å². The fourth-order valence-corrected chi connectivity index (χ4v) is 7.99. The fourth-order valence-electron chi connectivity index (χ4n) is 6.33. The summed E-state index contributed by atoms with van der Waals surface area (Å²) >= 11 is 2.79. The third-order valence-corrected chi connectivity index (χ3v) is 10.1. The van der Waals surface area contributed by atoms with E-state index < -0.39 is 5.41 Å². The van der Waals surface area contributed by atoms with E-state index in [-0.39, 0.29) is 29.4 Å². The van der Waals surface area contributed by atoms with Gasteiger partial charge in [-0.1, -0.05) is 11.3 Å². The zero-order valence-electron chi connectivity index (χ0n) is 22.3. The van der Waals surface area contributed by atoms with Crippen molar-refractivity contribution in [3.05, 3.63) is 50.7 Å². The van der Waals surface area contributed by atoms with Crippen LogP contribution in [-0.4, -0.2) is 51.9 Å². The Bertz CT molecular complexity index is 1510. The van der Waals surface area contributed by atoms with Crippen molar-refractivity contribution in [1.29, 1.82) is 5.26 Å². The highest BCUT2D eigenvalue weighted by Gasteiger charge is 2.46. The van der Waals surface area contributed by atoms with Crippen molar-refractivity contribution in [1.82, 2.24) is 19.9 Å². The number of ether oxygens (including phenoxy) is 2. The summed E-state index contributed by atoms with van der Waals surface area (Å²) in [5.41, 5.74) is 15.0. The lowest BCUT2D eigenvalue weighted by Gasteiger charge is -2.42. The summed E-state index contributed by atoms with van der Waals surface area (Å²) in [5, 5.41) is 12.7. The summed E-state index contributed by atoms with van der Waals surface area (Å²) in [6.07, 6.45) is 8.38. The number of hydrogen-bond donors (Lipinski definition) is 2. The first-order chi connectivity index (χ1) is 19.4. The van der Waals surface area contributed by atoms with E-state index in [1.165, 1.54) is 22.7 Å². The first kappa shape index (κ1) is 26.7. The molecule has 12 heteroatoms. The predicted molar refractivity (Wildman–Crippen MR) is 153 cm³/mol. The molecule has 0 bridgehead atoms. The number of aryl methyl sites for hydroxylation is 1. The van der Waals surface area contributed by atoms with Gasteiger partial charge in [-0.25, -0.2) is 4.98 Å². The summed E-state index contributed by atoms with van der Waals surface area (Å²) in [6.45, 7) is 1.48. The van der Waals surface area contributed by atoms with E-state index in [4.69, 9.17) is 20.9 Å². The van der Waals surface area contributed by atoms with Crippen LogP contribution >= 0.6 is 22.7 Å². The molecule has 2 aliphatic carbocycles. The molecule has 3 aromatic rings. The first-order valence-corrected chi connectivity index (χ1v) is 15.2. The van der Waals surface area contributed by atoms with Gasteiger partial charge in [0.25, 0.3) is 5.19 Å². The molecule has 4 heterocycles. The molecule has 0 aromatic carbocycles. The standard InChI is InChI=1S/C28H31N7O3S2/c1-35-11-4-5-16(35)15-37-20-13-21(38-27-32-10-12-39-27)34-26(33-20)23(36)17-6-2-8-28(24(17)30)9-3-7-19-22(28)18(14-29)25(31)40-19/h10,12-13,16H,2-9,11,15,30-31H2,1H3/t16-,28-/m0/s1. The molecule has 1 fully saturated rings. The largest absolute Gasteiger partial charge is 0.476 e. The predicted octanol–water partition coefficient (Wildman–Crippen LogP) is 4.57. The van der Waals surface area contributed by atoms with E-state index in [0.717, 1.165) is 61.9 Å². The number of likely N-dealkylation sites (tertiary alicyclic amines) is 1. The van der Waals surface area contributed by atoms with Crippen molar-refractivity contribution in [3.8, 4) is 23.0 Å². The molecular weight excluding hydrogens is 546 g/mol. The molecule has 0 saturated carbocycles. The Hall–Kier alpha value is -3.53. The maximum atomic E-state index is 14.0. The Kier molecular flexibility index (Phi) is 7.20. The number of Topliss-reactive ketones (excluding diaryl/α,β-unsaturated/α-hetero) is 1. The van der Waals surface area contributed by atoms with E-state index in [0.29, 0.717) is 40.1 Å². The zero-order valence-corrected chi connectivity index (χ0v) is 23.9. The SMILES string of the molecule is CN1CCC[C@H]1COc1cc(Oc2nccs2)nc(C(=O)C2=C(N)[C@@]3(CCC2)CCCc2sc(N)c(C#N)c23)n1. The Balaban J connectivity index is 1.37. The highest BCUT2D eigenvalue weighted by Crippen LogP contribution is 2.53. The van der Waals surface area contributed by atoms with Gasteiger partial charge in [-0.15, -0.1) is 11.3 Å². The van der Waals surface area contributed by atoms with Crippen LogP contribution < -0.4 is 20.9 Å². The van der Waals surface area contributed by atoms with Crippen LogP contribution in [0.4, 0.5) is 5.00 Å². The first-order valence-electron chi connectivity index (χ1n) is 13.5. The molecule has 4 N–H and O–H groups in total. The Morgan fingerprint density at radius 1 is 1.23 bits per heavy atom. The quantitative estimate of drug-likeness (QED) is 0.382. The molecule has 3 aliphatic rings. The van der Waals surface area contributed by atoms with Gasteiger partial charge in [0.05, 0.1) is 11.6 Å². The van der Waals surface area contributed by atoms with Crippen LogP contribution in [0.5, 0.6) is 17.0 Å². The number of fused-ring (bicyclic) bond motifs is 2. The van der Waals surface area contributed by atoms with Crippen molar-refractivity contribution in [2.75, 3.05) is 25.9 Å². The summed E-state index contributed by atoms with van der Waals surface area (Å²) in [4.78, 5) is 30.6. The second kappa shape index (κ2) is 10.8. The van der Waals surface area contributed by atoms with E-state index >= 15 is 0 Å². The monoisotopic (exact) mass is 577 g/mol. The summed E-state index contributed by atoms with van der Waals surface area (Å²) < 4.78 is 11.9. The van der Waals surface area contributed by atoms with Crippen LogP contribution in [0.1, 0.15) is 71.6 Å². The van der Waals surface area contributed by atoms with E-state index in [1.807, 2.05) is 0 Å². The Labute approximate surface area is 240 Å². The highest BCUT2D eigenvalue weighted by molar-refractivity contribution is 7.16. The number of thiophene rings is 1. The number of carbonyl (C=O) groups is 1. The Morgan fingerprint density at radius 3 is 2.75 bits per heavy atom. The summed E-state index contributed by atoms with van der Waals surface area (Å²) in [5.74, 6) is 0.0790. The van der Waals surface area contributed by atoms with E-state index in [1.54, 1.807) is 17.6 Å². The minimum Gasteiger partial charge on any atom is -0.476 e. The lowest BCUT2D eigenvalue weighted by Crippen LogP contribution is -2.41. The van der Waals surface area contributed by atoms with Gasteiger partial charge >= 0.3 is 0 Å². The average Bonchev–Trinajstić information content (AvgIpc) is 3.69. The number of nitrogen functional groups attached to an aromatic ring is 1.